The van der Waals surface area contributed by atoms with Crippen molar-refractivity contribution in [3.8, 4) is 0 Å². The van der Waals surface area contributed by atoms with E-state index in [1.165, 1.54) is 0 Å². The van der Waals surface area contributed by atoms with E-state index in [2.05, 4.69) is 26.1 Å². The van der Waals surface area contributed by atoms with Crippen LogP contribution in [-0.4, -0.2) is 28.3 Å². The molecule has 0 bridgehead atoms. The predicted octanol–water partition coefficient (Wildman–Crippen LogP) is 2.92. The number of rotatable bonds is 4. The van der Waals surface area contributed by atoms with E-state index < -0.39 is 0 Å². The molecule has 2 heterocycles. The Kier molecular flexibility index (Phi) is 4.75. The Morgan fingerprint density at radius 3 is 2.61 bits per heavy atom. The van der Waals surface area contributed by atoms with Crippen LogP contribution in [0.15, 0.2) is 35.0 Å². The number of carbonyl (C=O) groups is 1. The van der Waals surface area contributed by atoms with Gasteiger partial charge in [-0.15, -0.1) is 0 Å². The number of carbonyl (C=O) groups excluding carboxylic acids is 1. The van der Waals surface area contributed by atoms with Crippen molar-refractivity contribution in [2.24, 2.45) is 0 Å². The summed E-state index contributed by atoms with van der Waals surface area (Å²) in [6.07, 6.45) is 5.67. The molecule has 1 fully saturated rings. The largest absolute Gasteiger partial charge is 0.367 e. The Labute approximate surface area is 134 Å². The van der Waals surface area contributed by atoms with Crippen LogP contribution in [0.4, 0.5) is 16.4 Å². The molecule has 7 heteroatoms. The van der Waals surface area contributed by atoms with Gasteiger partial charge in [-0.1, -0.05) is 11.2 Å². The van der Waals surface area contributed by atoms with Crippen LogP contribution in [0, 0.1) is 6.92 Å². The number of nitrogens with zero attached hydrogens (tertiary/aromatic N) is 2. The number of aromatic nitrogens is 2. The van der Waals surface area contributed by atoms with Gasteiger partial charge >= 0.3 is 6.03 Å². The van der Waals surface area contributed by atoms with Gasteiger partial charge in [-0.3, -0.25) is 5.32 Å². The van der Waals surface area contributed by atoms with Gasteiger partial charge in [-0.05, 0) is 44.7 Å². The first-order valence-electron chi connectivity index (χ1n) is 7.87. The van der Waals surface area contributed by atoms with Crippen molar-refractivity contribution < 1.29 is 9.32 Å². The fourth-order valence-electron chi connectivity index (χ4n) is 2.80. The molecule has 1 saturated carbocycles. The third-order valence-corrected chi connectivity index (χ3v) is 3.95. The summed E-state index contributed by atoms with van der Waals surface area (Å²) in [6.45, 7) is 1.78. The quantitative estimate of drug-likeness (QED) is 0.807. The number of anilines is 2. The van der Waals surface area contributed by atoms with Crippen molar-refractivity contribution >= 4 is 17.7 Å². The summed E-state index contributed by atoms with van der Waals surface area (Å²) < 4.78 is 4.92. The van der Waals surface area contributed by atoms with E-state index >= 15 is 0 Å². The first-order valence-corrected chi connectivity index (χ1v) is 7.87. The molecular formula is C16H21N5O2. The highest BCUT2D eigenvalue weighted by Gasteiger charge is 2.22. The van der Waals surface area contributed by atoms with E-state index in [1.807, 2.05) is 18.2 Å². The maximum absolute atomic E-state index is 11.9. The van der Waals surface area contributed by atoms with Crippen LogP contribution in [0.25, 0.3) is 0 Å². The third-order valence-electron chi connectivity index (χ3n) is 3.95. The highest BCUT2D eigenvalue weighted by molar-refractivity contribution is 5.88. The number of nitrogens with one attached hydrogen (secondary N) is 3. The third kappa shape index (κ3) is 4.45. The van der Waals surface area contributed by atoms with Gasteiger partial charge in [0.2, 0.25) is 0 Å². The molecule has 0 saturated heterocycles. The lowest BCUT2D eigenvalue weighted by Crippen LogP contribution is -2.42. The van der Waals surface area contributed by atoms with Gasteiger partial charge in [0.25, 0.3) is 0 Å². The van der Waals surface area contributed by atoms with Crippen molar-refractivity contribution in [3.63, 3.8) is 0 Å². The average molecular weight is 315 g/mol. The van der Waals surface area contributed by atoms with Crippen molar-refractivity contribution in [1.29, 1.82) is 0 Å². The maximum atomic E-state index is 11.9. The SMILES string of the molecule is Cc1cc(NC(=O)NC2CCC(Nc3ccccn3)CC2)no1. The molecule has 2 aromatic rings. The minimum Gasteiger partial charge on any atom is -0.367 e. The van der Waals surface area contributed by atoms with E-state index in [4.69, 9.17) is 4.52 Å². The number of hydrogen-bond donors (Lipinski definition) is 3. The molecule has 0 aliphatic heterocycles. The fraction of sp³-hybridized carbons (Fsp3) is 0.438. The summed E-state index contributed by atoms with van der Waals surface area (Å²) in [5.41, 5.74) is 0. The van der Waals surface area contributed by atoms with E-state index in [9.17, 15) is 4.79 Å². The van der Waals surface area contributed by atoms with Crippen LogP contribution in [0.5, 0.6) is 0 Å². The van der Waals surface area contributed by atoms with Gasteiger partial charge in [-0.2, -0.15) is 0 Å². The lowest BCUT2D eigenvalue weighted by molar-refractivity contribution is 0.243. The summed E-state index contributed by atoms with van der Waals surface area (Å²) in [5, 5.41) is 12.8. The molecule has 0 radical (unpaired) electrons. The molecule has 122 valence electrons. The highest BCUT2D eigenvalue weighted by atomic mass is 16.5. The lowest BCUT2D eigenvalue weighted by atomic mass is 9.91. The summed E-state index contributed by atoms with van der Waals surface area (Å²) in [7, 11) is 0. The normalized spacial score (nSPS) is 20.7. The standard InChI is InChI=1S/C16H21N5O2/c1-11-10-15(21-23-11)20-16(22)19-13-7-5-12(6-8-13)18-14-4-2-3-9-17-14/h2-4,9-10,12-13H,5-8H2,1H3,(H,17,18)(H2,19,20,21,22). The maximum Gasteiger partial charge on any atom is 0.320 e. The molecule has 3 N–H and O–H groups in total. The molecular weight excluding hydrogens is 294 g/mol. The zero-order chi connectivity index (χ0) is 16.1. The molecule has 1 aliphatic carbocycles. The van der Waals surface area contributed by atoms with Gasteiger partial charge in [0.1, 0.15) is 11.6 Å². The lowest BCUT2D eigenvalue weighted by Gasteiger charge is -2.29. The van der Waals surface area contributed by atoms with Crippen LogP contribution in [-0.2, 0) is 0 Å². The smallest absolute Gasteiger partial charge is 0.320 e. The van der Waals surface area contributed by atoms with Gasteiger partial charge in [0.05, 0.1) is 0 Å². The Morgan fingerprint density at radius 2 is 1.96 bits per heavy atom. The van der Waals surface area contributed by atoms with Crippen LogP contribution in [0.1, 0.15) is 31.4 Å². The van der Waals surface area contributed by atoms with Crippen LogP contribution < -0.4 is 16.0 Å². The van der Waals surface area contributed by atoms with Gasteiger partial charge in [0.15, 0.2) is 5.82 Å². The first-order chi connectivity index (χ1) is 11.2. The number of pyridine rings is 1. The number of amides is 2. The molecule has 3 rings (SSSR count). The highest BCUT2D eigenvalue weighted by Crippen LogP contribution is 2.21. The van der Waals surface area contributed by atoms with E-state index in [0.717, 1.165) is 31.5 Å². The van der Waals surface area contributed by atoms with Crippen molar-refractivity contribution in [3.05, 3.63) is 36.2 Å². The molecule has 23 heavy (non-hydrogen) atoms. The van der Waals surface area contributed by atoms with Crippen molar-refractivity contribution in [2.45, 2.75) is 44.7 Å². The van der Waals surface area contributed by atoms with E-state index in [-0.39, 0.29) is 12.1 Å². The van der Waals surface area contributed by atoms with Gasteiger partial charge in [0, 0.05) is 24.3 Å². The number of urea groups is 1. The summed E-state index contributed by atoms with van der Waals surface area (Å²) in [6, 6.07) is 7.89. The molecule has 2 aromatic heterocycles. The van der Waals surface area contributed by atoms with Crippen molar-refractivity contribution in [2.75, 3.05) is 10.6 Å². The van der Waals surface area contributed by atoms with Crippen LogP contribution in [0.3, 0.4) is 0 Å². The van der Waals surface area contributed by atoms with E-state index in [1.54, 1.807) is 19.2 Å². The number of aryl methyl sites for hydroxylation is 1. The van der Waals surface area contributed by atoms with Gasteiger partial charge < -0.3 is 15.2 Å². The van der Waals surface area contributed by atoms with Crippen LogP contribution >= 0.6 is 0 Å². The second-order valence-electron chi connectivity index (χ2n) is 5.83. The summed E-state index contributed by atoms with van der Waals surface area (Å²) in [4.78, 5) is 16.2. The minimum atomic E-state index is -0.237. The Balaban J connectivity index is 1.41. The molecule has 0 spiro atoms. The molecule has 7 nitrogen and oxygen atoms in total. The second-order valence-corrected chi connectivity index (χ2v) is 5.83. The van der Waals surface area contributed by atoms with E-state index in [0.29, 0.717) is 17.6 Å². The average Bonchev–Trinajstić information content (AvgIpc) is 2.95. The topological polar surface area (TPSA) is 92.1 Å². The second kappa shape index (κ2) is 7.13. The van der Waals surface area contributed by atoms with Crippen molar-refractivity contribution in [1.82, 2.24) is 15.5 Å². The Hall–Kier alpha value is -2.57. The molecule has 0 aromatic carbocycles. The van der Waals surface area contributed by atoms with Crippen LogP contribution in [0.2, 0.25) is 0 Å². The molecule has 1 aliphatic rings. The molecule has 0 unspecified atom stereocenters. The number of hydrogen-bond acceptors (Lipinski definition) is 5. The minimum absolute atomic E-state index is 0.185. The monoisotopic (exact) mass is 315 g/mol. The predicted molar refractivity (Wildman–Crippen MR) is 87.3 cm³/mol. The Morgan fingerprint density at radius 1 is 1.17 bits per heavy atom. The first kappa shape index (κ1) is 15.3. The van der Waals surface area contributed by atoms with Gasteiger partial charge in [-0.25, -0.2) is 9.78 Å². The summed E-state index contributed by atoms with van der Waals surface area (Å²) >= 11 is 0. The zero-order valence-electron chi connectivity index (χ0n) is 13.1. The summed E-state index contributed by atoms with van der Waals surface area (Å²) in [5.74, 6) is 2.01. The molecule has 0 atom stereocenters. The Bertz CT molecular complexity index is 635. The fourth-order valence-corrected chi connectivity index (χ4v) is 2.80. The zero-order valence-corrected chi connectivity index (χ0v) is 13.1. The molecule has 2 amide bonds.